The maximum absolute atomic E-state index is 13.2. The first-order chi connectivity index (χ1) is 12.2. The summed E-state index contributed by atoms with van der Waals surface area (Å²) in [5.74, 6) is -0.0162. The normalized spacial score (nSPS) is 21.0. The molecule has 1 atom stereocenters. The van der Waals surface area contributed by atoms with Crippen molar-refractivity contribution in [3.63, 3.8) is 0 Å². The van der Waals surface area contributed by atoms with Gasteiger partial charge in [0, 0.05) is 25.4 Å². The fourth-order valence-corrected chi connectivity index (χ4v) is 3.86. The second-order valence-corrected chi connectivity index (χ2v) is 7.14. The van der Waals surface area contributed by atoms with E-state index >= 15 is 0 Å². The number of pyridine rings is 1. The molecule has 1 aliphatic heterocycles. The Bertz CT molecular complexity index is 558. The molecule has 0 saturated carbocycles. The Balaban J connectivity index is 1.96. The number of amides is 2. The van der Waals surface area contributed by atoms with Crippen molar-refractivity contribution >= 4 is 11.8 Å². The van der Waals surface area contributed by atoms with Crippen molar-refractivity contribution in [3.8, 4) is 0 Å². The maximum Gasteiger partial charge on any atom is 0.239 e. The summed E-state index contributed by atoms with van der Waals surface area (Å²) in [6, 6.07) is 3.84. The highest BCUT2D eigenvalue weighted by Crippen LogP contribution is 2.38. The fourth-order valence-electron chi connectivity index (χ4n) is 3.86. The summed E-state index contributed by atoms with van der Waals surface area (Å²) in [5, 5.41) is 0. The third-order valence-corrected chi connectivity index (χ3v) is 5.54. The van der Waals surface area contributed by atoms with Crippen LogP contribution in [0.5, 0.6) is 0 Å². The van der Waals surface area contributed by atoms with E-state index in [9.17, 15) is 9.59 Å². The molecule has 2 rings (SSSR count). The molecule has 1 aliphatic rings. The lowest BCUT2D eigenvalue weighted by atomic mass is 9.71. The summed E-state index contributed by atoms with van der Waals surface area (Å²) in [5.41, 5.74) is 0.435. The molecule has 4 heteroatoms. The zero-order valence-corrected chi connectivity index (χ0v) is 15.8. The molecule has 4 nitrogen and oxygen atoms in total. The third-order valence-electron chi connectivity index (χ3n) is 5.54. The molecular weight excluding hydrogens is 312 g/mol. The number of piperidine rings is 1. The minimum absolute atomic E-state index is 0.00545. The topological polar surface area (TPSA) is 50.3 Å². The Morgan fingerprint density at radius 3 is 2.28 bits per heavy atom. The Hall–Kier alpha value is -1.71. The summed E-state index contributed by atoms with van der Waals surface area (Å²) in [6.45, 7) is 4.83. The second kappa shape index (κ2) is 9.69. The number of hydrogen-bond acceptors (Lipinski definition) is 3. The molecule has 0 N–H and O–H groups in total. The van der Waals surface area contributed by atoms with Gasteiger partial charge in [-0.1, -0.05) is 52.4 Å². The molecular formula is C21H32N2O2. The second-order valence-electron chi connectivity index (χ2n) is 7.14. The van der Waals surface area contributed by atoms with Crippen LogP contribution >= 0.6 is 0 Å². The van der Waals surface area contributed by atoms with E-state index in [0.29, 0.717) is 19.4 Å². The first-order valence-corrected chi connectivity index (χ1v) is 9.91. The predicted molar refractivity (Wildman–Crippen MR) is 100 cm³/mol. The van der Waals surface area contributed by atoms with Gasteiger partial charge in [0.05, 0.1) is 5.41 Å². The average molecular weight is 344 g/mol. The first-order valence-electron chi connectivity index (χ1n) is 9.91. The van der Waals surface area contributed by atoms with E-state index in [0.717, 1.165) is 24.8 Å². The minimum Gasteiger partial charge on any atom is -0.282 e. The zero-order valence-electron chi connectivity index (χ0n) is 15.8. The van der Waals surface area contributed by atoms with Crippen LogP contribution in [0.4, 0.5) is 0 Å². The summed E-state index contributed by atoms with van der Waals surface area (Å²) in [6.07, 6.45) is 13.6. The molecule has 1 aromatic rings. The summed E-state index contributed by atoms with van der Waals surface area (Å²) >= 11 is 0. The van der Waals surface area contributed by atoms with Gasteiger partial charge < -0.3 is 0 Å². The monoisotopic (exact) mass is 344 g/mol. The van der Waals surface area contributed by atoms with E-state index in [1.165, 1.54) is 37.0 Å². The maximum atomic E-state index is 13.2. The lowest BCUT2D eigenvalue weighted by molar-refractivity contribution is -0.153. The third kappa shape index (κ3) is 4.68. The first kappa shape index (κ1) is 19.6. The molecule has 0 unspecified atom stereocenters. The molecule has 2 amide bonds. The summed E-state index contributed by atoms with van der Waals surface area (Å²) < 4.78 is 0. The highest BCUT2D eigenvalue weighted by atomic mass is 16.2. The van der Waals surface area contributed by atoms with Gasteiger partial charge in [-0.2, -0.15) is 0 Å². The number of nitrogens with zero attached hydrogens (tertiary/aromatic N) is 2. The lowest BCUT2D eigenvalue weighted by Crippen LogP contribution is -2.54. The molecule has 1 fully saturated rings. The molecule has 138 valence electrons. The number of carbonyl (C=O) groups is 2. The molecule has 1 aromatic heterocycles. The number of aromatic nitrogens is 1. The summed E-state index contributed by atoms with van der Waals surface area (Å²) in [7, 11) is 0. The van der Waals surface area contributed by atoms with Crippen LogP contribution in [0.1, 0.15) is 83.6 Å². The van der Waals surface area contributed by atoms with E-state index in [-0.39, 0.29) is 11.8 Å². The van der Waals surface area contributed by atoms with Crippen LogP contribution in [0.15, 0.2) is 24.5 Å². The average Bonchev–Trinajstić information content (AvgIpc) is 2.65. The minimum atomic E-state index is -0.558. The van der Waals surface area contributed by atoms with Gasteiger partial charge in [-0.05, 0) is 37.0 Å². The lowest BCUT2D eigenvalue weighted by Gasteiger charge is -2.40. The van der Waals surface area contributed by atoms with Crippen LogP contribution in [0.25, 0.3) is 0 Å². The van der Waals surface area contributed by atoms with Crippen LogP contribution in [0, 0.1) is 0 Å². The van der Waals surface area contributed by atoms with Crippen LogP contribution in [-0.2, 0) is 15.0 Å². The van der Waals surface area contributed by atoms with E-state index < -0.39 is 5.41 Å². The molecule has 0 aromatic carbocycles. The number of imide groups is 1. The van der Waals surface area contributed by atoms with E-state index in [1.807, 2.05) is 19.1 Å². The number of hydrogen-bond donors (Lipinski definition) is 0. The van der Waals surface area contributed by atoms with Crippen molar-refractivity contribution in [2.75, 3.05) is 6.54 Å². The standard InChI is InChI=1S/C21H32N2O2/c1-3-5-6-7-8-9-10-17-23-19(24)11-14-21(4-2,20(23)25)18-12-15-22-16-13-18/h12-13,15-16H,3-11,14,17H2,1-2H3/t21-/m1/s1. The molecule has 2 heterocycles. The van der Waals surface area contributed by atoms with Crippen molar-refractivity contribution in [1.82, 2.24) is 9.88 Å². The van der Waals surface area contributed by atoms with Crippen molar-refractivity contribution in [1.29, 1.82) is 0 Å². The van der Waals surface area contributed by atoms with Gasteiger partial charge in [-0.3, -0.25) is 19.5 Å². The predicted octanol–water partition coefficient (Wildman–Crippen LogP) is 4.63. The molecule has 25 heavy (non-hydrogen) atoms. The Labute approximate surface area is 152 Å². The van der Waals surface area contributed by atoms with E-state index in [2.05, 4.69) is 11.9 Å². The van der Waals surface area contributed by atoms with Crippen LogP contribution in [0.2, 0.25) is 0 Å². The van der Waals surface area contributed by atoms with Gasteiger partial charge in [-0.15, -0.1) is 0 Å². The van der Waals surface area contributed by atoms with Gasteiger partial charge in [-0.25, -0.2) is 0 Å². The Kier molecular flexibility index (Phi) is 7.60. The molecule has 0 aliphatic carbocycles. The van der Waals surface area contributed by atoms with Gasteiger partial charge in [0.2, 0.25) is 11.8 Å². The van der Waals surface area contributed by atoms with Crippen molar-refractivity contribution in [2.24, 2.45) is 0 Å². The largest absolute Gasteiger partial charge is 0.282 e. The van der Waals surface area contributed by atoms with E-state index in [4.69, 9.17) is 0 Å². The van der Waals surface area contributed by atoms with E-state index in [1.54, 1.807) is 12.4 Å². The quantitative estimate of drug-likeness (QED) is 0.459. The number of carbonyl (C=O) groups excluding carboxylic acids is 2. The Morgan fingerprint density at radius 1 is 1.00 bits per heavy atom. The van der Waals surface area contributed by atoms with Gasteiger partial charge in [0.15, 0.2) is 0 Å². The van der Waals surface area contributed by atoms with Gasteiger partial charge >= 0.3 is 0 Å². The Morgan fingerprint density at radius 2 is 1.64 bits per heavy atom. The molecule has 0 radical (unpaired) electrons. The van der Waals surface area contributed by atoms with Crippen molar-refractivity contribution in [3.05, 3.63) is 30.1 Å². The number of unbranched alkanes of at least 4 members (excludes halogenated alkanes) is 6. The van der Waals surface area contributed by atoms with Crippen LogP contribution < -0.4 is 0 Å². The zero-order chi connectivity index (χ0) is 18.1. The number of likely N-dealkylation sites (tertiary alicyclic amines) is 1. The smallest absolute Gasteiger partial charge is 0.239 e. The molecule has 0 spiro atoms. The SMILES string of the molecule is CCCCCCCCCN1C(=O)CC[C@](CC)(c2ccncc2)C1=O. The van der Waals surface area contributed by atoms with Gasteiger partial charge in [0.25, 0.3) is 0 Å². The molecule has 1 saturated heterocycles. The summed E-state index contributed by atoms with van der Waals surface area (Å²) in [4.78, 5) is 31.1. The fraction of sp³-hybridized carbons (Fsp3) is 0.667. The van der Waals surface area contributed by atoms with Crippen molar-refractivity contribution in [2.45, 2.75) is 83.5 Å². The molecule has 0 bridgehead atoms. The highest BCUT2D eigenvalue weighted by Gasteiger charge is 2.46. The van der Waals surface area contributed by atoms with Gasteiger partial charge in [0.1, 0.15) is 0 Å². The highest BCUT2D eigenvalue weighted by molar-refractivity contribution is 6.03. The number of rotatable bonds is 10. The van der Waals surface area contributed by atoms with Crippen LogP contribution in [0.3, 0.4) is 0 Å². The van der Waals surface area contributed by atoms with Crippen LogP contribution in [-0.4, -0.2) is 28.2 Å². The van der Waals surface area contributed by atoms with Crippen molar-refractivity contribution < 1.29 is 9.59 Å².